The summed E-state index contributed by atoms with van der Waals surface area (Å²) in [5, 5.41) is 6.39. The lowest BCUT2D eigenvalue weighted by molar-refractivity contribution is -0.122. The van der Waals surface area contributed by atoms with Crippen molar-refractivity contribution >= 4 is 57.0 Å². The van der Waals surface area contributed by atoms with E-state index in [-0.39, 0.29) is 11.8 Å². The van der Waals surface area contributed by atoms with E-state index in [2.05, 4.69) is 54.6 Å². The maximum Gasteiger partial charge on any atom is 0.257 e. The molecule has 8 nitrogen and oxygen atoms in total. The van der Waals surface area contributed by atoms with E-state index < -0.39 is 0 Å². The number of carbonyl (C=O) groups is 2. The standard InChI is InChI=1S/C30H39IN6O2/c1-35-16-18-36(19-17-35)14-5-15-37-27-13-12-25(32-21-28(38)22-6-3-2-4-7-22)20-26(27)33-30(37)34-29(39)23-8-10-24(31)11-9-23/h8-13,20,22,32H,2-7,14-19,21H2,1H3,(H,33,34,39). The Labute approximate surface area is 244 Å². The number of anilines is 2. The number of Topliss-reactive ketones (excluding diaryl/α,β-unsaturated/α-hetero) is 1. The van der Waals surface area contributed by atoms with Crippen molar-refractivity contribution in [2.24, 2.45) is 5.92 Å². The lowest BCUT2D eigenvalue weighted by atomic mass is 9.86. The molecule has 2 aromatic carbocycles. The van der Waals surface area contributed by atoms with Gasteiger partial charge in [-0.05, 0) is 97.9 Å². The molecule has 0 radical (unpaired) electrons. The largest absolute Gasteiger partial charge is 0.378 e. The van der Waals surface area contributed by atoms with Crippen molar-refractivity contribution in [2.75, 3.05) is 56.9 Å². The van der Waals surface area contributed by atoms with Crippen LogP contribution < -0.4 is 10.6 Å². The van der Waals surface area contributed by atoms with Crippen LogP contribution in [0.1, 0.15) is 48.9 Å². The number of likely N-dealkylation sites (N-methyl/N-ethyl adjacent to an activating group) is 1. The molecule has 0 unspecified atom stereocenters. The number of piperazine rings is 1. The van der Waals surface area contributed by atoms with Crippen molar-refractivity contribution in [1.29, 1.82) is 0 Å². The van der Waals surface area contributed by atoms with Crippen molar-refractivity contribution in [3.05, 3.63) is 51.6 Å². The molecule has 2 heterocycles. The Morgan fingerprint density at radius 1 is 0.974 bits per heavy atom. The minimum absolute atomic E-state index is 0.168. The maximum atomic E-state index is 13.1. The summed E-state index contributed by atoms with van der Waals surface area (Å²) in [6.07, 6.45) is 6.56. The van der Waals surface area contributed by atoms with E-state index in [1.807, 2.05) is 42.5 Å². The number of aromatic nitrogens is 2. The average Bonchev–Trinajstić information content (AvgIpc) is 3.29. The first kappa shape index (κ1) is 28.0. The first-order valence-corrected chi connectivity index (χ1v) is 15.3. The fourth-order valence-corrected chi connectivity index (χ4v) is 5.98. The molecule has 2 aliphatic rings. The number of nitrogens with zero attached hydrogens (tertiary/aromatic N) is 4. The maximum absolute atomic E-state index is 13.1. The normalized spacial score (nSPS) is 17.4. The smallest absolute Gasteiger partial charge is 0.257 e. The molecular weight excluding hydrogens is 603 g/mol. The number of ketones is 1. The first-order valence-electron chi connectivity index (χ1n) is 14.2. The third-order valence-electron chi connectivity index (χ3n) is 8.06. The number of carbonyl (C=O) groups excluding carboxylic acids is 2. The zero-order valence-corrected chi connectivity index (χ0v) is 25.0. The van der Waals surface area contributed by atoms with Crippen LogP contribution in [0.2, 0.25) is 0 Å². The van der Waals surface area contributed by atoms with Crippen molar-refractivity contribution in [3.8, 4) is 0 Å². The van der Waals surface area contributed by atoms with Crippen molar-refractivity contribution in [2.45, 2.75) is 45.1 Å². The molecule has 1 aromatic heterocycles. The number of fused-ring (bicyclic) bond motifs is 1. The van der Waals surface area contributed by atoms with E-state index in [0.29, 0.717) is 23.8 Å². The second-order valence-electron chi connectivity index (χ2n) is 10.9. The number of hydrogen-bond acceptors (Lipinski definition) is 6. The van der Waals surface area contributed by atoms with Crippen LogP contribution in [0.3, 0.4) is 0 Å². The highest BCUT2D eigenvalue weighted by Crippen LogP contribution is 2.26. The summed E-state index contributed by atoms with van der Waals surface area (Å²) in [6.45, 7) is 6.50. The van der Waals surface area contributed by atoms with Gasteiger partial charge in [-0.15, -0.1) is 0 Å². The van der Waals surface area contributed by atoms with E-state index in [1.54, 1.807) is 0 Å². The fourth-order valence-electron chi connectivity index (χ4n) is 5.62. The summed E-state index contributed by atoms with van der Waals surface area (Å²) in [4.78, 5) is 35.5. The Morgan fingerprint density at radius 2 is 1.72 bits per heavy atom. The number of amides is 1. The summed E-state index contributed by atoms with van der Waals surface area (Å²) in [6, 6.07) is 13.6. The van der Waals surface area contributed by atoms with Gasteiger partial charge in [0.1, 0.15) is 0 Å². The topological polar surface area (TPSA) is 82.5 Å². The van der Waals surface area contributed by atoms with Crippen LogP contribution in [-0.2, 0) is 11.3 Å². The number of rotatable bonds is 10. The molecule has 208 valence electrons. The third-order valence-corrected chi connectivity index (χ3v) is 8.78. The van der Waals surface area contributed by atoms with Gasteiger partial charge in [-0.1, -0.05) is 19.3 Å². The fraction of sp³-hybridized carbons (Fsp3) is 0.500. The third kappa shape index (κ3) is 7.37. The van der Waals surface area contributed by atoms with Gasteiger partial charge in [0.05, 0.1) is 17.6 Å². The van der Waals surface area contributed by atoms with Gasteiger partial charge in [-0.25, -0.2) is 4.98 Å². The Morgan fingerprint density at radius 3 is 2.46 bits per heavy atom. The summed E-state index contributed by atoms with van der Waals surface area (Å²) in [5.74, 6) is 0.882. The quantitative estimate of drug-likeness (QED) is 0.300. The average molecular weight is 643 g/mol. The van der Waals surface area contributed by atoms with Gasteiger partial charge in [-0.2, -0.15) is 0 Å². The van der Waals surface area contributed by atoms with Crippen molar-refractivity contribution < 1.29 is 9.59 Å². The Kier molecular flexibility index (Phi) is 9.52. The van der Waals surface area contributed by atoms with Gasteiger partial charge in [0, 0.05) is 53.5 Å². The van der Waals surface area contributed by atoms with Crippen LogP contribution >= 0.6 is 22.6 Å². The van der Waals surface area contributed by atoms with E-state index in [9.17, 15) is 9.59 Å². The molecule has 0 atom stereocenters. The minimum Gasteiger partial charge on any atom is -0.378 e. The molecule has 0 bridgehead atoms. The molecule has 1 aliphatic carbocycles. The summed E-state index contributed by atoms with van der Waals surface area (Å²) >= 11 is 2.24. The molecule has 1 saturated carbocycles. The number of benzene rings is 2. The molecule has 5 rings (SSSR count). The summed E-state index contributed by atoms with van der Waals surface area (Å²) in [7, 11) is 2.17. The summed E-state index contributed by atoms with van der Waals surface area (Å²) in [5.41, 5.74) is 3.28. The van der Waals surface area contributed by atoms with E-state index in [0.717, 1.165) is 91.7 Å². The van der Waals surface area contributed by atoms with E-state index in [1.165, 1.54) is 6.42 Å². The molecule has 39 heavy (non-hydrogen) atoms. The monoisotopic (exact) mass is 642 g/mol. The SMILES string of the molecule is CN1CCN(CCCn2c(NC(=O)c3ccc(I)cc3)nc3cc(NCC(=O)C4CCCCC4)ccc32)CC1. The highest BCUT2D eigenvalue weighted by Gasteiger charge is 2.21. The lowest BCUT2D eigenvalue weighted by Gasteiger charge is -2.32. The number of hydrogen-bond donors (Lipinski definition) is 2. The van der Waals surface area contributed by atoms with Gasteiger partial charge >= 0.3 is 0 Å². The second-order valence-corrected chi connectivity index (χ2v) is 12.2. The molecular formula is C30H39IN6O2. The van der Waals surface area contributed by atoms with Gasteiger partial charge in [0.15, 0.2) is 5.78 Å². The molecule has 1 amide bonds. The minimum atomic E-state index is -0.168. The predicted molar refractivity (Wildman–Crippen MR) is 165 cm³/mol. The van der Waals surface area contributed by atoms with Gasteiger partial charge in [-0.3, -0.25) is 14.9 Å². The molecule has 0 spiro atoms. The second kappa shape index (κ2) is 13.2. The molecule has 9 heteroatoms. The number of nitrogens with one attached hydrogen (secondary N) is 2. The molecule has 2 N–H and O–H groups in total. The highest BCUT2D eigenvalue weighted by atomic mass is 127. The van der Waals surface area contributed by atoms with Crippen molar-refractivity contribution in [3.63, 3.8) is 0 Å². The molecule has 3 aromatic rings. The zero-order valence-electron chi connectivity index (χ0n) is 22.8. The van der Waals surface area contributed by atoms with Crippen LogP contribution in [0, 0.1) is 9.49 Å². The van der Waals surface area contributed by atoms with Crippen LogP contribution in [0.4, 0.5) is 11.6 Å². The Hall–Kier alpha value is -2.50. The van der Waals surface area contributed by atoms with E-state index in [4.69, 9.17) is 4.98 Å². The van der Waals surface area contributed by atoms with Crippen molar-refractivity contribution in [1.82, 2.24) is 19.4 Å². The van der Waals surface area contributed by atoms with Crippen LogP contribution in [0.15, 0.2) is 42.5 Å². The Balaban J connectivity index is 1.31. The van der Waals surface area contributed by atoms with Crippen LogP contribution in [0.5, 0.6) is 0 Å². The van der Waals surface area contributed by atoms with E-state index >= 15 is 0 Å². The first-order chi connectivity index (χ1) is 19.0. The molecule has 1 saturated heterocycles. The number of halogens is 1. The zero-order chi connectivity index (χ0) is 27.2. The lowest BCUT2D eigenvalue weighted by Crippen LogP contribution is -2.44. The Bertz CT molecular complexity index is 1280. The highest BCUT2D eigenvalue weighted by molar-refractivity contribution is 14.1. The summed E-state index contributed by atoms with van der Waals surface area (Å²) < 4.78 is 3.20. The van der Waals surface area contributed by atoms with Gasteiger partial charge < -0.3 is 19.7 Å². The van der Waals surface area contributed by atoms with Gasteiger partial charge in [0.2, 0.25) is 5.95 Å². The van der Waals surface area contributed by atoms with Crippen LogP contribution in [-0.4, -0.2) is 77.4 Å². The molecule has 2 fully saturated rings. The number of imidazole rings is 1. The van der Waals surface area contributed by atoms with Crippen LogP contribution in [0.25, 0.3) is 11.0 Å². The van der Waals surface area contributed by atoms with Gasteiger partial charge in [0.25, 0.3) is 5.91 Å². The number of aryl methyl sites for hydroxylation is 1. The molecule has 1 aliphatic heterocycles. The predicted octanol–water partition coefficient (Wildman–Crippen LogP) is 5.09.